The van der Waals surface area contributed by atoms with E-state index in [1.807, 2.05) is 6.92 Å². The number of sulfonamides is 1. The SMILES string of the molecule is CCNCCCCS(=O)(=O)NC(C)c1ccccc1F. The highest BCUT2D eigenvalue weighted by Gasteiger charge is 2.17. The Morgan fingerprint density at radius 3 is 2.60 bits per heavy atom. The fourth-order valence-electron chi connectivity index (χ4n) is 1.94. The van der Waals surface area contributed by atoms with E-state index in [-0.39, 0.29) is 5.75 Å². The molecule has 1 unspecified atom stereocenters. The van der Waals surface area contributed by atoms with Gasteiger partial charge in [-0.2, -0.15) is 0 Å². The van der Waals surface area contributed by atoms with Crippen LogP contribution < -0.4 is 10.0 Å². The van der Waals surface area contributed by atoms with Gasteiger partial charge in [0.2, 0.25) is 10.0 Å². The van der Waals surface area contributed by atoms with Crippen LogP contribution in [0.4, 0.5) is 4.39 Å². The molecule has 0 spiro atoms. The standard InChI is InChI=1S/C14H23FN2O2S/c1-3-16-10-6-7-11-20(18,19)17-12(2)13-8-4-5-9-14(13)15/h4-5,8-9,12,16-17H,3,6-7,10-11H2,1-2H3. The summed E-state index contributed by atoms with van der Waals surface area (Å²) in [5.74, 6) is -0.327. The Labute approximate surface area is 120 Å². The molecule has 4 nitrogen and oxygen atoms in total. The molecule has 114 valence electrons. The van der Waals surface area contributed by atoms with Gasteiger partial charge in [0, 0.05) is 11.6 Å². The summed E-state index contributed by atoms with van der Waals surface area (Å²) in [5, 5.41) is 3.14. The molecule has 0 bridgehead atoms. The maximum atomic E-state index is 13.6. The van der Waals surface area contributed by atoms with Crippen molar-refractivity contribution in [1.29, 1.82) is 0 Å². The molecule has 0 aliphatic heterocycles. The second-order valence-electron chi connectivity index (χ2n) is 4.74. The summed E-state index contributed by atoms with van der Waals surface area (Å²) in [7, 11) is -3.38. The molecular weight excluding hydrogens is 279 g/mol. The first-order chi connectivity index (χ1) is 9.46. The smallest absolute Gasteiger partial charge is 0.212 e. The van der Waals surface area contributed by atoms with Crippen molar-refractivity contribution < 1.29 is 12.8 Å². The number of nitrogens with one attached hydrogen (secondary N) is 2. The van der Waals surface area contributed by atoms with Crippen LogP contribution in [0.2, 0.25) is 0 Å². The molecule has 0 saturated carbocycles. The predicted octanol–water partition coefficient (Wildman–Crippen LogP) is 2.20. The van der Waals surface area contributed by atoms with Gasteiger partial charge in [0.15, 0.2) is 0 Å². The number of halogens is 1. The minimum Gasteiger partial charge on any atom is -0.317 e. The molecule has 1 aromatic rings. The summed E-state index contributed by atoms with van der Waals surface area (Å²) in [4.78, 5) is 0. The number of rotatable bonds is 9. The summed E-state index contributed by atoms with van der Waals surface area (Å²) in [6.07, 6.45) is 1.40. The molecule has 20 heavy (non-hydrogen) atoms. The van der Waals surface area contributed by atoms with Crippen LogP contribution in [-0.4, -0.2) is 27.3 Å². The highest BCUT2D eigenvalue weighted by Crippen LogP contribution is 2.17. The van der Waals surface area contributed by atoms with Crippen molar-refractivity contribution in [1.82, 2.24) is 10.0 Å². The van der Waals surface area contributed by atoms with Crippen molar-refractivity contribution in [3.05, 3.63) is 35.6 Å². The molecular formula is C14H23FN2O2S. The molecule has 0 aromatic heterocycles. The van der Waals surface area contributed by atoms with Crippen molar-refractivity contribution in [2.45, 2.75) is 32.7 Å². The lowest BCUT2D eigenvalue weighted by Gasteiger charge is -2.15. The highest BCUT2D eigenvalue weighted by atomic mass is 32.2. The molecule has 0 saturated heterocycles. The molecule has 1 aromatic carbocycles. The maximum absolute atomic E-state index is 13.6. The first-order valence-electron chi connectivity index (χ1n) is 6.91. The fraction of sp³-hybridized carbons (Fsp3) is 0.571. The summed E-state index contributed by atoms with van der Waals surface area (Å²) < 4.78 is 39.9. The average Bonchev–Trinajstić information content (AvgIpc) is 2.38. The zero-order valence-electron chi connectivity index (χ0n) is 12.0. The molecule has 1 rings (SSSR count). The van der Waals surface area contributed by atoms with Crippen molar-refractivity contribution in [3.63, 3.8) is 0 Å². The number of hydrogen-bond acceptors (Lipinski definition) is 3. The van der Waals surface area contributed by atoms with E-state index in [4.69, 9.17) is 0 Å². The highest BCUT2D eigenvalue weighted by molar-refractivity contribution is 7.89. The van der Waals surface area contributed by atoms with E-state index in [0.717, 1.165) is 19.5 Å². The summed E-state index contributed by atoms with van der Waals surface area (Å²) in [6, 6.07) is 5.64. The van der Waals surface area contributed by atoms with Gasteiger partial charge in [0.25, 0.3) is 0 Å². The van der Waals surface area contributed by atoms with Crippen LogP contribution in [-0.2, 0) is 10.0 Å². The van der Waals surface area contributed by atoms with Crippen LogP contribution in [0.5, 0.6) is 0 Å². The Bertz CT molecular complexity index is 506. The first kappa shape index (κ1) is 17.1. The molecule has 6 heteroatoms. The lowest BCUT2D eigenvalue weighted by molar-refractivity contribution is 0.546. The van der Waals surface area contributed by atoms with E-state index in [9.17, 15) is 12.8 Å². The molecule has 0 aliphatic carbocycles. The minimum absolute atomic E-state index is 0.0667. The zero-order valence-corrected chi connectivity index (χ0v) is 12.8. The first-order valence-corrected chi connectivity index (χ1v) is 8.56. The van der Waals surface area contributed by atoms with E-state index >= 15 is 0 Å². The van der Waals surface area contributed by atoms with Crippen LogP contribution >= 0.6 is 0 Å². The van der Waals surface area contributed by atoms with E-state index < -0.39 is 21.9 Å². The van der Waals surface area contributed by atoms with E-state index in [1.165, 1.54) is 6.07 Å². The van der Waals surface area contributed by atoms with Gasteiger partial charge in [0.1, 0.15) is 5.82 Å². The van der Waals surface area contributed by atoms with Crippen LogP contribution in [0.1, 0.15) is 38.3 Å². The van der Waals surface area contributed by atoms with Gasteiger partial charge in [-0.3, -0.25) is 0 Å². The van der Waals surface area contributed by atoms with E-state index in [0.29, 0.717) is 12.0 Å². The Hall–Kier alpha value is -0.980. The number of unbranched alkanes of at least 4 members (excludes halogenated alkanes) is 1. The molecule has 0 amide bonds. The summed E-state index contributed by atoms with van der Waals surface area (Å²) in [6.45, 7) is 5.35. The third-order valence-corrected chi connectivity index (χ3v) is 4.53. The van der Waals surface area contributed by atoms with E-state index in [1.54, 1.807) is 25.1 Å². The van der Waals surface area contributed by atoms with Crippen LogP contribution in [0.15, 0.2) is 24.3 Å². The summed E-state index contributed by atoms with van der Waals surface area (Å²) >= 11 is 0. The predicted molar refractivity (Wildman–Crippen MR) is 79.5 cm³/mol. The van der Waals surface area contributed by atoms with Crippen molar-refractivity contribution in [3.8, 4) is 0 Å². The number of hydrogen-bond donors (Lipinski definition) is 2. The third kappa shape index (κ3) is 5.98. The lowest BCUT2D eigenvalue weighted by Crippen LogP contribution is -2.30. The lowest BCUT2D eigenvalue weighted by atomic mass is 10.1. The maximum Gasteiger partial charge on any atom is 0.212 e. The fourth-order valence-corrected chi connectivity index (χ4v) is 3.30. The minimum atomic E-state index is -3.38. The monoisotopic (exact) mass is 302 g/mol. The van der Waals surface area contributed by atoms with Crippen molar-refractivity contribution in [2.75, 3.05) is 18.8 Å². The van der Waals surface area contributed by atoms with Crippen molar-refractivity contribution in [2.24, 2.45) is 0 Å². The Kier molecular flexibility index (Phi) is 7.12. The zero-order chi connectivity index (χ0) is 15.0. The van der Waals surface area contributed by atoms with Gasteiger partial charge < -0.3 is 5.32 Å². The molecule has 0 radical (unpaired) electrons. The second kappa shape index (κ2) is 8.34. The molecule has 2 N–H and O–H groups in total. The van der Waals surface area contributed by atoms with Crippen molar-refractivity contribution >= 4 is 10.0 Å². The Morgan fingerprint density at radius 2 is 1.95 bits per heavy atom. The normalized spacial score (nSPS) is 13.3. The molecule has 0 fully saturated rings. The van der Waals surface area contributed by atoms with Gasteiger partial charge in [-0.15, -0.1) is 0 Å². The largest absolute Gasteiger partial charge is 0.317 e. The third-order valence-electron chi connectivity index (χ3n) is 2.99. The molecule has 0 aliphatic rings. The Morgan fingerprint density at radius 1 is 1.25 bits per heavy atom. The quantitative estimate of drug-likeness (QED) is 0.688. The molecule has 0 heterocycles. The van der Waals surface area contributed by atoms with Gasteiger partial charge >= 0.3 is 0 Å². The molecule has 1 atom stereocenters. The summed E-state index contributed by atoms with van der Waals surface area (Å²) in [5.41, 5.74) is 0.365. The van der Waals surface area contributed by atoms with Crippen LogP contribution in [0.3, 0.4) is 0 Å². The van der Waals surface area contributed by atoms with Gasteiger partial charge in [-0.1, -0.05) is 25.1 Å². The topological polar surface area (TPSA) is 58.2 Å². The van der Waals surface area contributed by atoms with Crippen LogP contribution in [0, 0.1) is 5.82 Å². The Balaban J connectivity index is 2.47. The average molecular weight is 302 g/mol. The van der Waals surface area contributed by atoms with Crippen LogP contribution in [0.25, 0.3) is 0 Å². The van der Waals surface area contributed by atoms with Gasteiger partial charge in [-0.05, 0) is 38.9 Å². The van der Waals surface area contributed by atoms with Gasteiger partial charge in [-0.25, -0.2) is 17.5 Å². The number of benzene rings is 1. The van der Waals surface area contributed by atoms with Gasteiger partial charge in [0.05, 0.1) is 5.75 Å². The second-order valence-corrected chi connectivity index (χ2v) is 6.61. The van der Waals surface area contributed by atoms with E-state index in [2.05, 4.69) is 10.0 Å².